The first-order valence-corrected chi connectivity index (χ1v) is 6.97. The normalized spacial score (nSPS) is 21.7. The van der Waals surface area contributed by atoms with Crippen LogP contribution in [0.4, 0.5) is 10.8 Å². The van der Waals surface area contributed by atoms with E-state index in [1.807, 2.05) is 6.92 Å². The molecule has 3 rings (SSSR count). The highest BCUT2D eigenvalue weighted by Gasteiger charge is 2.57. The van der Waals surface area contributed by atoms with Crippen molar-refractivity contribution in [2.45, 2.75) is 39.8 Å². The van der Waals surface area contributed by atoms with Crippen molar-refractivity contribution in [1.82, 2.24) is 9.80 Å². The molecule has 8 nitrogen and oxygen atoms in total. The first kappa shape index (κ1) is 14.4. The molecular weight excluding hydrogens is 288 g/mol. The Kier molecular flexibility index (Phi) is 2.95. The lowest BCUT2D eigenvalue weighted by Crippen LogP contribution is -2.65. The van der Waals surface area contributed by atoms with Gasteiger partial charge in [0.05, 0.1) is 6.04 Å². The molecule has 116 valence electrons. The Labute approximate surface area is 127 Å². The third kappa shape index (κ3) is 1.66. The number of carbonyl (C=O) groups is 3. The van der Waals surface area contributed by atoms with Gasteiger partial charge in [0.2, 0.25) is 0 Å². The first-order chi connectivity index (χ1) is 10.3. The number of ketones is 1. The lowest BCUT2D eigenvalue weighted by Gasteiger charge is -2.34. The van der Waals surface area contributed by atoms with Gasteiger partial charge >= 0.3 is 12.0 Å². The molecule has 2 unspecified atom stereocenters. The van der Waals surface area contributed by atoms with E-state index in [0.717, 1.165) is 10.6 Å². The number of aliphatic imine (C=N–C) groups is 1. The smallest absolute Gasteiger partial charge is 0.389 e. The number of urea groups is 1. The zero-order valence-corrected chi connectivity index (χ0v) is 13.1. The minimum atomic E-state index is -0.818. The van der Waals surface area contributed by atoms with E-state index in [9.17, 15) is 14.4 Å². The molecule has 1 saturated heterocycles. The summed E-state index contributed by atoms with van der Waals surface area (Å²) in [7, 11) is 1.54. The number of oxazole rings is 1. The van der Waals surface area contributed by atoms with Crippen molar-refractivity contribution in [3.8, 4) is 0 Å². The molecule has 2 aliphatic heterocycles. The number of Topliss-reactive ketones (excluding diaryl/α,β-unsaturated/α-hetero) is 1. The Morgan fingerprint density at radius 2 is 2.00 bits per heavy atom. The second kappa shape index (κ2) is 4.49. The molecule has 0 spiro atoms. The SMILES string of the molecule is CC(=O)C(C)N1C(=O)C2C(=Nc3oc(C)c(C)[n+]32)N(C)C1=O. The second-order valence-electron chi connectivity index (χ2n) is 5.61. The summed E-state index contributed by atoms with van der Waals surface area (Å²) in [5.74, 6) is 0.274. The predicted molar refractivity (Wildman–Crippen MR) is 74.7 cm³/mol. The van der Waals surface area contributed by atoms with Gasteiger partial charge in [-0.25, -0.2) is 9.69 Å². The van der Waals surface area contributed by atoms with Crippen LogP contribution in [0.3, 0.4) is 0 Å². The first-order valence-electron chi connectivity index (χ1n) is 6.97. The van der Waals surface area contributed by atoms with Crippen molar-refractivity contribution in [3.63, 3.8) is 0 Å². The van der Waals surface area contributed by atoms with Crippen molar-refractivity contribution in [2.24, 2.45) is 4.99 Å². The lowest BCUT2D eigenvalue weighted by atomic mass is 10.1. The Hall–Kier alpha value is -2.51. The maximum Gasteiger partial charge on any atom is 0.507 e. The fraction of sp³-hybridized carbons (Fsp3) is 0.500. The lowest BCUT2D eigenvalue weighted by molar-refractivity contribution is -0.685. The molecule has 2 aliphatic rings. The molecule has 1 fully saturated rings. The van der Waals surface area contributed by atoms with Crippen molar-refractivity contribution in [2.75, 3.05) is 7.05 Å². The average Bonchev–Trinajstić information content (AvgIpc) is 2.94. The highest BCUT2D eigenvalue weighted by Crippen LogP contribution is 2.31. The molecule has 1 aromatic rings. The van der Waals surface area contributed by atoms with Crippen LogP contribution >= 0.6 is 0 Å². The van der Waals surface area contributed by atoms with Crippen LogP contribution in [0.15, 0.2) is 9.41 Å². The third-order valence-electron chi connectivity index (χ3n) is 4.32. The molecule has 0 bridgehead atoms. The molecule has 0 radical (unpaired) electrons. The largest absolute Gasteiger partial charge is 0.507 e. The average molecular weight is 305 g/mol. The number of likely N-dealkylation sites (N-methyl/N-ethyl adjacent to an activating group) is 1. The minimum absolute atomic E-state index is 0.251. The Balaban J connectivity index is 2.13. The van der Waals surface area contributed by atoms with Crippen LogP contribution in [-0.2, 0) is 9.59 Å². The summed E-state index contributed by atoms with van der Waals surface area (Å²) >= 11 is 0. The number of fused-ring (bicyclic) bond motifs is 3. The number of nitrogens with zero attached hydrogens (tertiary/aromatic N) is 4. The minimum Gasteiger partial charge on any atom is -0.389 e. The number of amides is 3. The number of aryl methyl sites for hydroxylation is 1. The molecule has 22 heavy (non-hydrogen) atoms. The van der Waals surface area contributed by atoms with Crippen LogP contribution < -0.4 is 4.57 Å². The molecule has 0 aromatic carbocycles. The summed E-state index contributed by atoms with van der Waals surface area (Å²) in [5, 5.41) is 0. The number of carbonyl (C=O) groups excluding carboxylic acids is 3. The summed E-state index contributed by atoms with van der Waals surface area (Å²) in [6, 6.07) is -1.85. The van der Waals surface area contributed by atoms with Gasteiger partial charge in [0.1, 0.15) is 5.69 Å². The summed E-state index contributed by atoms with van der Waals surface area (Å²) in [4.78, 5) is 43.4. The fourth-order valence-electron chi connectivity index (χ4n) is 2.73. The van der Waals surface area contributed by atoms with E-state index in [2.05, 4.69) is 4.99 Å². The fourth-order valence-corrected chi connectivity index (χ4v) is 2.73. The van der Waals surface area contributed by atoms with Gasteiger partial charge in [-0.2, -0.15) is 4.57 Å². The van der Waals surface area contributed by atoms with Crippen molar-refractivity contribution < 1.29 is 23.4 Å². The van der Waals surface area contributed by atoms with E-state index in [0.29, 0.717) is 17.6 Å². The molecule has 3 amide bonds. The Morgan fingerprint density at radius 3 is 2.59 bits per heavy atom. The van der Waals surface area contributed by atoms with Gasteiger partial charge in [-0.05, 0) is 20.8 Å². The second-order valence-corrected chi connectivity index (χ2v) is 5.61. The molecule has 3 heterocycles. The Morgan fingerprint density at radius 1 is 1.36 bits per heavy atom. The summed E-state index contributed by atoms with van der Waals surface area (Å²) in [6.45, 7) is 6.51. The molecule has 0 aliphatic carbocycles. The van der Waals surface area contributed by atoms with Crippen molar-refractivity contribution in [1.29, 1.82) is 0 Å². The zero-order valence-electron chi connectivity index (χ0n) is 13.1. The summed E-state index contributed by atoms with van der Waals surface area (Å²) < 4.78 is 7.19. The molecule has 8 heteroatoms. The van der Waals surface area contributed by atoms with E-state index in [1.165, 1.54) is 18.9 Å². The molecular formula is C14H17N4O4+. The van der Waals surface area contributed by atoms with E-state index >= 15 is 0 Å². The third-order valence-corrected chi connectivity index (χ3v) is 4.32. The van der Waals surface area contributed by atoms with Crippen LogP contribution in [-0.4, -0.2) is 46.4 Å². The van der Waals surface area contributed by atoms with Crippen LogP contribution in [0.1, 0.15) is 31.3 Å². The van der Waals surface area contributed by atoms with E-state index < -0.39 is 24.0 Å². The van der Waals surface area contributed by atoms with Crippen LogP contribution in [0.25, 0.3) is 0 Å². The highest BCUT2D eigenvalue weighted by atomic mass is 16.4. The zero-order chi connectivity index (χ0) is 16.3. The number of imide groups is 1. The predicted octanol–water partition coefficient (Wildman–Crippen LogP) is 0.640. The maximum absolute atomic E-state index is 12.8. The van der Waals surface area contributed by atoms with E-state index in [-0.39, 0.29) is 5.78 Å². The number of hydrogen-bond acceptors (Lipinski definition) is 5. The monoisotopic (exact) mass is 305 g/mol. The number of hydrogen-bond donors (Lipinski definition) is 0. The molecule has 2 atom stereocenters. The van der Waals surface area contributed by atoms with Gasteiger partial charge in [-0.3, -0.25) is 14.5 Å². The van der Waals surface area contributed by atoms with Crippen molar-refractivity contribution >= 4 is 29.6 Å². The standard InChI is InChI=1S/C14H17N4O4/c1-6(8(3)19)18-12(20)10-11(16(5)14(18)21)15-13-17(10)7(2)9(4)22-13/h6,10H,1-5H3/q+1. The van der Waals surface area contributed by atoms with Gasteiger partial charge in [0, 0.05) is 19.0 Å². The summed E-state index contributed by atoms with van der Waals surface area (Å²) in [5.41, 5.74) is 0.769. The molecule has 0 N–H and O–H groups in total. The topological polar surface area (TPSA) is 87.1 Å². The van der Waals surface area contributed by atoms with E-state index in [1.54, 1.807) is 18.4 Å². The Bertz CT molecular complexity index is 748. The van der Waals surface area contributed by atoms with E-state index in [4.69, 9.17) is 4.42 Å². The number of rotatable bonds is 2. The quantitative estimate of drug-likeness (QED) is 0.750. The van der Waals surface area contributed by atoms with Gasteiger partial charge in [-0.15, -0.1) is 0 Å². The van der Waals surface area contributed by atoms with Gasteiger partial charge in [0.25, 0.3) is 17.8 Å². The number of aromatic nitrogens is 1. The van der Waals surface area contributed by atoms with Gasteiger partial charge in [0.15, 0.2) is 11.5 Å². The van der Waals surface area contributed by atoms with Crippen LogP contribution in [0, 0.1) is 13.8 Å². The highest BCUT2D eigenvalue weighted by molar-refractivity contribution is 6.20. The molecule has 1 aromatic heterocycles. The molecule has 0 saturated carbocycles. The maximum atomic E-state index is 12.8. The summed E-state index contributed by atoms with van der Waals surface area (Å²) in [6.07, 6.45) is 0. The number of amidine groups is 1. The van der Waals surface area contributed by atoms with Crippen LogP contribution in [0.2, 0.25) is 0 Å². The van der Waals surface area contributed by atoms with Crippen molar-refractivity contribution in [3.05, 3.63) is 11.5 Å². The van der Waals surface area contributed by atoms with Gasteiger partial charge < -0.3 is 4.42 Å². The van der Waals surface area contributed by atoms with Gasteiger partial charge in [-0.1, -0.05) is 0 Å². The van der Waals surface area contributed by atoms with Crippen LogP contribution in [0.5, 0.6) is 0 Å².